The molecule has 0 aliphatic heterocycles. The molecular weight excluding hydrogens is 172 g/mol. The number of rotatable bonds is 4. The van der Waals surface area contributed by atoms with Crippen LogP contribution in [0.5, 0.6) is 0 Å². The maximum atomic E-state index is 11.5. The average molecular weight is 188 g/mol. The first-order valence-electron chi connectivity index (χ1n) is 4.65. The molecule has 0 spiro atoms. The summed E-state index contributed by atoms with van der Waals surface area (Å²) in [7, 11) is -0.738. The summed E-state index contributed by atoms with van der Waals surface area (Å²) in [5, 5.41) is 0.388. The number of carbonyl (C=O) groups excluding carboxylic acids is 1. The van der Waals surface area contributed by atoms with Crippen molar-refractivity contribution in [3.63, 3.8) is 0 Å². The molecule has 1 saturated carbocycles. The van der Waals surface area contributed by atoms with Gasteiger partial charge in [-0.3, -0.25) is 4.21 Å². The van der Waals surface area contributed by atoms with Gasteiger partial charge in [-0.05, 0) is 12.8 Å². The van der Waals surface area contributed by atoms with Gasteiger partial charge in [-0.25, -0.2) is 0 Å². The van der Waals surface area contributed by atoms with E-state index in [-0.39, 0.29) is 0 Å². The van der Waals surface area contributed by atoms with Crippen molar-refractivity contribution >= 4 is 17.1 Å². The van der Waals surface area contributed by atoms with E-state index in [1.54, 1.807) is 0 Å². The SMILES string of the molecule is O=CCCS(=O)C1CCCCC1. The predicted molar refractivity (Wildman–Crippen MR) is 50.6 cm³/mol. The van der Waals surface area contributed by atoms with Crippen LogP contribution in [0.2, 0.25) is 0 Å². The van der Waals surface area contributed by atoms with Gasteiger partial charge in [-0.2, -0.15) is 0 Å². The first kappa shape index (κ1) is 9.90. The minimum atomic E-state index is -0.738. The normalized spacial score (nSPS) is 22.0. The predicted octanol–water partition coefficient (Wildman–Crippen LogP) is 1.66. The number of hydrogen-bond donors (Lipinski definition) is 0. The first-order valence-corrected chi connectivity index (χ1v) is 6.03. The smallest absolute Gasteiger partial charge is 0.120 e. The van der Waals surface area contributed by atoms with Gasteiger partial charge in [0.15, 0.2) is 0 Å². The second-order valence-electron chi connectivity index (χ2n) is 3.30. The van der Waals surface area contributed by atoms with Crippen LogP contribution < -0.4 is 0 Å². The van der Waals surface area contributed by atoms with Gasteiger partial charge in [0.1, 0.15) is 6.29 Å². The van der Waals surface area contributed by atoms with E-state index in [1.807, 2.05) is 0 Å². The van der Waals surface area contributed by atoms with Crippen LogP contribution in [0.25, 0.3) is 0 Å². The van der Waals surface area contributed by atoms with E-state index in [2.05, 4.69) is 0 Å². The lowest BCUT2D eigenvalue weighted by Gasteiger charge is -2.20. The lowest BCUT2D eigenvalue weighted by atomic mass is 10.0. The highest BCUT2D eigenvalue weighted by Crippen LogP contribution is 2.22. The summed E-state index contributed by atoms with van der Waals surface area (Å²) >= 11 is 0. The summed E-state index contributed by atoms with van der Waals surface area (Å²) in [5.41, 5.74) is 0. The second-order valence-corrected chi connectivity index (χ2v) is 5.14. The van der Waals surface area contributed by atoms with Crippen molar-refractivity contribution in [3.05, 3.63) is 0 Å². The summed E-state index contributed by atoms with van der Waals surface area (Å²) in [6.07, 6.45) is 7.26. The van der Waals surface area contributed by atoms with Crippen LogP contribution in [0.1, 0.15) is 38.5 Å². The molecular formula is C9H16O2S. The Morgan fingerprint density at radius 3 is 2.50 bits per heavy atom. The Labute approximate surface area is 76.2 Å². The van der Waals surface area contributed by atoms with Crippen molar-refractivity contribution in [1.29, 1.82) is 0 Å². The molecule has 12 heavy (non-hydrogen) atoms. The van der Waals surface area contributed by atoms with Crippen LogP contribution in [0.3, 0.4) is 0 Å². The molecule has 1 atom stereocenters. The Balaban J connectivity index is 2.24. The fourth-order valence-corrected chi connectivity index (χ4v) is 3.18. The molecule has 2 nitrogen and oxygen atoms in total. The maximum Gasteiger partial charge on any atom is 0.120 e. The summed E-state index contributed by atoms with van der Waals surface area (Å²) in [5.74, 6) is 0.578. The van der Waals surface area contributed by atoms with Crippen molar-refractivity contribution in [2.24, 2.45) is 0 Å². The van der Waals surface area contributed by atoms with Crippen LogP contribution in [0.4, 0.5) is 0 Å². The second kappa shape index (κ2) is 5.46. The number of carbonyl (C=O) groups is 1. The first-order chi connectivity index (χ1) is 5.84. The molecule has 0 heterocycles. The van der Waals surface area contributed by atoms with Gasteiger partial charge in [0.05, 0.1) is 0 Å². The van der Waals surface area contributed by atoms with E-state index in [0.29, 0.717) is 17.4 Å². The monoisotopic (exact) mass is 188 g/mol. The van der Waals surface area contributed by atoms with Gasteiger partial charge in [0.2, 0.25) is 0 Å². The van der Waals surface area contributed by atoms with Gasteiger partial charge >= 0.3 is 0 Å². The van der Waals surface area contributed by atoms with Crippen LogP contribution >= 0.6 is 0 Å². The van der Waals surface area contributed by atoms with Gasteiger partial charge < -0.3 is 4.79 Å². The van der Waals surface area contributed by atoms with Crippen molar-refractivity contribution in [2.75, 3.05) is 5.75 Å². The molecule has 1 aliphatic rings. The zero-order chi connectivity index (χ0) is 8.81. The summed E-state index contributed by atoms with van der Waals surface area (Å²) in [6, 6.07) is 0. The molecule has 0 aromatic carbocycles. The third kappa shape index (κ3) is 3.05. The van der Waals surface area contributed by atoms with E-state index < -0.39 is 10.8 Å². The van der Waals surface area contributed by atoms with Gasteiger partial charge in [-0.15, -0.1) is 0 Å². The quantitative estimate of drug-likeness (QED) is 0.629. The molecule has 0 amide bonds. The van der Waals surface area contributed by atoms with E-state index >= 15 is 0 Å². The highest BCUT2D eigenvalue weighted by molar-refractivity contribution is 7.85. The Bertz CT molecular complexity index is 162. The molecule has 3 heteroatoms. The molecule has 0 N–H and O–H groups in total. The summed E-state index contributed by atoms with van der Waals surface area (Å²) in [6.45, 7) is 0. The van der Waals surface area contributed by atoms with E-state index in [1.165, 1.54) is 19.3 Å². The Hall–Kier alpha value is -0.180. The van der Waals surface area contributed by atoms with E-state index in [0.717, 1.165) is 19.1 Å². The maximum absolute atomic E-state index is 11.5. The highest BCUT2D eigenvalue weighted by Gasteiger charge is 2.18. The van der Waals surface area contributed by atoms with Gasteiger partial charge in [0.25, 0.3) is 0 Å². The largest absolute Gasteiger partial charge is 0.303 e. The third-order valence-electron chi connectivity index (χ3n) is 2.36. The molecule has 0 aromatic rings. The third-order valence-corrected chi connectivity index (χ3v) is 4.21. The van der Waals surface area contributed by atoms with Gasteiger partial charge in [-0.1, -0.05) is 19.3 Å². The summed E-state index contributed by atoms with van der Waals surface area (Å²) < 4.78 is 11.5. The molecule has 0 aromatic heterocycles. The van der Waals surface area contributed by atoms with E-state index in [4.69, 9.17) is 0 Å². The fraction of sp³-hybridized carbons (Fsp3) is 0.889. The molecule has 1 rings (SSSR count). The van der Waals surface area contributed by atoms with Crippen LogP contribution in [0.15, 0.2) is 0 Å². The van der Waals surface area contributed by atoms with Crippen molar-refractivity contribution in [1.82, 2.24) is 0 Å². The minimum Gasteiger partial charge on any atom is -0.303 e. The topological polar surface area (TPSA) is 34.1 Å². The molecule has 1 fully saturated rings. The Kier molecular flexibility index (Phi) is 4.51. The van der Waals surface area contributed by atoms with Gasteiger partial charge in [0, 0.05) is 28.2 Å². The van der Waals surface area contributed by atoms with Crippen molar-refractivity contribution < 1.29 is 9.00 Å². The fourth-order valence-electron chi connectivity index (χ4n) is 1.66. The average Bonchev–Trinajstić information content (AvgIpc) is 2.15. The lowest BCUT2D eigenvalue weighted by molar-refractivity contribution is -0.107. The van der Waals surface area contributed by atoms with Crippen LogP contribution in [-0.4, -0.2) is 21.5 Å². The zero-order valence-electron chi connectivity index (χ0n) is 7.33. The molecule has 1 unspecified atom stereocenters. The number of hydrogen-bond acceptors (Lipinski definition) is 2. The molecule has 0 radical (unpaired) electrons. The molecule has 1 aliphatic carbocycles. The van der Waals surface area contributed by atoms with Crippen LogP contribution in [0, 0.1) is 0 Å². The lowest BCUT2D eigenvalue weighted by Crippen LogP contribution is -2.20. The van der Waals surface area contributed by atoms with Crippen molar-refractivity contribution in [2.45, 2.75) is 43.8 Å². The van der Waals surface area contributed by atoms with Crippen LogP contribution in [-0.2, 0) is 15.6 Å². The zero-order valence-corrected chi connectivity index (χ0v) is 8.15. The minimum absolute atomic E-state index is 0.388. The van der Waals surface area contributed by atoms with E-state index in [9.17, 15) is 9.00 Å². The summed E-state index contributed by atoms with van der Waals surface area (Å²) in [4.78, 5) is 10.1. The standard InChI is InChI=1S/C9H16O2S/c10-7-4-8-12(11)9-5-2-1-3-6-9/h7,9H,1-6,8H2. The Morgan fingerprint density at radius 1 is 1.25 bits per heavy atom. The Morgan fingerprint density at radius 2 is 1.92 bits per heavy atom. The molecule has 0 saturated heterocycles. The highest BCUT2D eigenvalue weighted by atomic mass is 32.2. The van der Waals surface area contributed by atoms with Crippen molar-refractivity contribution in [3.8, 4) is 0 Å². The molecule has 70 valence electrons. The number of aldehydes is 1. The molecule has 0 bridgehead atoms.